The number of rotatable bonds is 4. The van der Waals surface area contributed by atoms with Crippen molar-refractivity contribution in [3.8, 4) is 5.69 Å². The second-order valence-electron chi connectivity index (χ2n) is 9.85. The first-order valence-corrected chi connectivity index (χ1v) is 13.5. The highest BCUT2D eigenvalue weighted by molar-refractivity contribution is 7.16. The number of nitrogens with zero attached hydrogens (tertiary/aromatic N) is 3. The molecule has 194 valence electrons. The molecule has 1 saturated carbocycles. The minimum absolute atomic E-state index is 0.0178. The number of hydrogen-bond donors (Lipinski definition) is 1. The van der Waals surface area contributed by atoms with Crippen LogP contribution in [0.4, 0.5) is 13.2 Å². The van der Waals surface area contributed by atoms with E-state index in [0.717, 1.165) is 42.6 Å². The summed E-state index contributed by atoms with van der Waals surface area (Å²) in [5.74, 6) is -3.39. The second kappa shape index (κ2) is 10.1. The first kappa shape index (κ1) is 25.7. The van der Waals surface area contributed by atoms with Crippen LogP contribution in [0.3, 0.4) is 0 Å². The normalized spacial score (nSPS) is 20.4. The highest BCUT2D eigenvalue weighted by atomic mass is 35.5. The Hall–Kier alpha value is -1.91. The van der Waals surface area contributed by atoms with Gasteiger partial charge in [-0.1, -0.05) is 23.7 Å². The van der Waals surface area contributed by atoms with Crippen molar-refractivity contribution < 1.29 is 17.9 Å². The van der Waals surface area contributed by atoms with Crippen LogP contribution in [0.15, 0.2) is 30.5 Å². The van der Waals surface area contributed by atoms with Gasteiger partial charge in [-0.3, -0.25) is 4.90 Å². The minimum atomic E-state index is -3.04. The van der Waals surface area contributed by atoms with Crippen molar-refractivity contribution in [2.45, 2.75) is 57.0 Å². The quantitative estimate of drug-likeness (QED) is 0.447. The highest BCUT2D eigenvalue weighted by Gasteiger charge is 2.43. The van der Waals surface area contributed by atoms with Crippen LogP contribution in [-0.4, -0.2) is 41.0 Å². The first-order valence-electron chi connectivity index (χ1n) is 12.3. The molecule has 3 aromatic rings. The topological polar surface area (TPSA) is 56.3 Å². The summed E-state index contributed by atoms with van der Waals surface area (Å²) < 4.78 is 51.6. The number of thiophene rings is 1. The van der Waals surface area contributed by atoms with Gasteiger partial charge in [-0.05, 0) is 57.7 Å². The number of para-hydroxylation sites is 1. The van der Waals surface area contributed by atoms with E-state index in [4.69, 9.17) is 22.1 Å². The molecule has 5 rings (SSSR count). The molecule has 0 spiro atoms. The Kier molecular flexibility index (Phi) is 7.22. The van der Waals surface area contributed by atoms with E-state index in [9.17, 15) is 13.2 Å². The van der Waals surface area contributed by atoms with Crippen LogP contribution in [0.25, 0.3) is 5.69 Å². The fourth-order valence-corrected chi connectivity index (χ4v) is 6.22. The Labute approximate surface area is 218 Å². The SMILES string of the molecule is Cc1nn(-c2c(F)cccc2C2(N)CC2)cc1CN1CCCOCC(F)(F)c2cc(Cl)sc2CCC1. The number of hydrogen-bond acceptors (Lipinski definition) is 5. The van der Waals surface area contributed by atoms with Gasteiger partial charge in [0.1, 0.15) is 18.1 Å². The lowest BCUT2D eigenvalue weighted by Crippen LogP contribution is -2.29. The molecule has 1 aliphatic heterocycles. The van der Waals surface area contributed by atoms with Crippen molar-refractivity contribution in [1.82, 2.24) is 14.7 Å². The number of halogens is 4. The van der Waals surface area contributed by atoms with Crippen LogP contribution in [-0.2, 0) is 29.2 Å². The monoisotopic (exact) mass is 538 g/mol. The van der Waals surface area contributed by atoms with Crippen molar-refractivity contribution in [3.63, 3.8) is 0 Å². The number of ether oxygens (including phenoxy) is 1. The van der Waals surface area contributed by atoms with E-state index in [0.29, 0.717) is 40.8 Å². The maximum atomic E-state index is 14.9. The number of fused-ring (bicyclic) bond motifs is 1. The van der Waals surface area contributed by atoms with Gasteiger partial charge in [0.05, 0.1) is 10.0 Å². The molecular formula is C26H30ClF3N4OS. The summed E-state index contributed by atoms with van der Waals surface area (Å²) in [6, 6.07) is 6.38. The number of benzene rings is 1. The molecular weight excluding hydrogens is 509 g/mol. The van der Waals surface area contributed by atoms with Crippen LogP contribution in [0.1, 0.15) is 52.9 Å². The van der Waals surface area contributed by atoms with Gasteiger partial charge in [0.15, 0.2) is 0 Å². The average Bonchev–Trinajstić information content (AvgIpc) is 3.30. The predicted molar refractivity (Wildman–Crippen MR) is 136 cm³/mol. The summed E-state index contributed by atoms with van der Waals surface area (Å²) in [5.41, 5.74) is 8.92. The maximum absolute atomic E-state index is 14.9. The summed E-state index contributed by atoms with van der Waals surface area (Å²) in [6.07, 6.45) is 5.42. The Morgan fingerprint density at radius 1 is 1.19 bits per heavy atom. The molecule has 0 unspecified atom stereocenters. The second-order valence-corrected chi connectivity index (χ2v) is 11.6. The summed E-state index contributed by atoms with van der Waals surface area (Å²) in [4.78, 5) is 2.89. The third kappa shape index (κ3) is 5.36. The summed E-state index contributed by atoms with van der Waals surface area (Å²) >= 11 is 7.30. The largest absolute Gasteiger partial charge is 0.375 e. The zero-order valence-corrected chi connectivity index (χ0v) is 21.8. The third-order valence-electron chi connectivity index (χ3n) is 7.03. The lowest BCUT2D eigenvalue weighted by molar-refractivity contribution is -0.0841. The third-order valence-corrected chi connectivity index (χ3v) is 8.36. The van der Waals surface area contributed by atoms with E-state index in [-0.39, 0.29) is 18.0 Å². The molecule has 0 radical (unpaired) electrons. The van der Waals surface area contributed by atoms with Crippen LogP contribution in [0.2, 0.25) is 4.34 Å². The van der Waals surface area contributed by atoms with Crippen molar-refractivity contribution >= 4 is 22.9 Å². The molecule has 0 atom stereocenters. The first-order chi connectivity index (χ1) is 17.2. The van der Waals surface area contributed by atoms with Crippen LogP contribution in [0.5, 0.6) is 0 Å². The van der Waals surface area contributed by atoms with Gasteiger partial charge >= 0.3 is 0 Å². The molecule has 1 aliphatic carbocycles. The van der Waals surface area contributed by atoms with Gasteiger partial charge in [0.2, 0.25) is 0 Å². The lowest BCUT2D eigenvalue weighted by atomic mass is 10.0. The molecule has 1 fully saturated rings. The van der Waals surface area contributed by atoms with Crippen LogP contribution < -0.4 is 5.73 Å². The zero-order valence-electron chi connectivity index (χ0n) is 20.2. The molecule has 0 bridgehead atoms. The van der Waals surface area contributed by atoms with E-state index in [1.165, 1.54) is 23.5 Å². The molecule has 1 aromatic carbocycles. The summed E-state index contributed by atoms with van der Waals surface area (Å²) in [6.45, 7) is 3.56. The smallest absolute Gasteiger partial charge is 0.297 e. The Bertz CT molecular complexity index is 1240. The highest BCUT2D eigenvalue weighted by Crippen LogP contribution is 2.45. The molecule has 10 heteroatoms. The van der Waals surface area contributed by atoms with Gasteiger partial charge in [-0.15, -0.1) is 11.3 Å². The van der Waals surface area contributed by atoms with E-state index < -0.39 is 18.1 Å². The number of alkyl halides is 2. The van der Waals surface area contributed by atoms with Gasteiger partial charge in [-0.25, -0.2) is 9.07 Å². The molecule has 5 nitrogen and oxygen atoms in total. The van der Waals surface area contributed by atoms with Crippen molar-refractivity contribution in [3.05, 3.63) is 67.9 Å². The average molecular weight is 539 g/mol. The van der Waals surface area contributed by atoms with E-state index in [1.54, 1.807) is 10.7 Å². The minimum Gasteiger partial charge on any atom is -0.375 e. The fraction of sp³-hybridized carbons (Fsp3) is 0.500. The zero-order chi connectivity index (χ0) is 25.5. The molecule has 0 saturated heterocycles. The van der Waals surface area contributed by atoms with Gasteiger partial charge < -0.3 is 10.5 Å². The number of aryl methyl sites for hydroxylation is 2. The van der Waals surface area contributed by atoms with Crippen LogP contribution >= 0.6 is 22.9 Å². The molecule has 3 heterocycles. The van der Waals surface area contributed by atoms with E-state index in [2.05, 4.69) is 10.00 Å². The molecule has 2 aromatic heterocycles. The number of aromatic nitrogens is 2. The van der Waals surface area contributed by atoms with Crippen molar-refractivity contribution in [2.75, 3.05) is 26.3 Å². The lowest BCUT2D eigenvalue weighted by Gasteiger charge is -2.24. The Morgan fingerprint density at radius 3 is 2.75 bits per heavy atom. The Balaban J connectivity index is 1.34. The molecule has 2 N–H and O–H groups in total. The molecule has 2 aliphatic rings. The van der Waals surface area contributed by atoms with Gasteiger partial charge in [-0.2, -0.15) is 13.9 Å². The standard InChI is InChI=1S/C26H30ClF3N4OS/c1-17-18(15-34(32-17)24-19(25(31)8-9-25)5-2-6-21(24)28)14-33-10-3-7-22-20(13-23(27)36-22)26(29,30)16-35-12-4-11-33/h2,5-6,13,15H,3-4,7-12,14,16,31H2,1H3. The van der Waals surface area contributed by atoms with E-state index in [1.807, 2.05) is 19.2 Å². The predicted octanol–water partition coefficient (Wildman–Crippen LogP) is 5.93. The van der Waals surface area contributed by atoms with Crippen molar-refractivity contribution in [1.29, 1.82) is 0 Å². The molecule has 0 amide bonds. The fourth-order valence-electron chi connectivity index (χ4n) is 4.85. The maximum Gasteiger partial charge on any atom is 0.297 e. The number of nitrogens with two attached hydrogens (primary N) is 1. The Morgan fingerprint density at radius 2 is 1.97 bits per heavy atom. The van der Waals surface area contributed by atoms with Gasteiger partial charge in [0, 0.05) is 53.0 Å². The summed E-state index contributed by atoms with van der Waals surface area (Å²) in [5, 5.41) is 4.63. The van der Waals surface area contributed by atoms with Gasteiger partial charge in [0.25, 0.3) is 5.92 Å². The van der Waals surface area contributed by atoms with E-state index >= 15 is 0 Å². The summed E-state index contributed by atoms with van der Waals surface area (Å²) in [7, 11) is 0. The van der Waals surface area contributed by atoms with Crippen LogP contribution in [0, 0.1) is 12.7 Å². The van der Waals surface area contributed by atoms with Crippen molar-refractivity contribution in [2.24, 2.45) is 5.73 Å². The molecule has 36 heavy (non-hydrogen) atoms.